The van der Waals surface area contributed by atoms with E-state index in [1.807, 2.05) is 20.8 Å². The molecular weight excluding hydrogens is 436 g/mol. The lowest BCUT2D eigenvalue weighted by atomic mass is 10.1. The zero-order chi connectivity index (χ0) is 23.3. The van der Waals surface area contributed by atoms with E-state index in [1.54, 1.807) is 6.92 Å². The van der Waals surface area contributed by atoms with Crippen molar-refractivity contribution in [3.8, 4) is 0 Å². The van der Waals surface area contributed by atoms with Gasteiger partial charge in [0.2, 0.25) is 5.91 Å². The molecule has 9 nitrogen and oxygen atoms in total. The fourth-order valence-corrected chi connectivity index (χ4v) is 4.43. The Bertz CT molecular complexity index is 1130. The summed E-state index contributed by atoms with van der Waals surface area (Å²) >= 11 is 2.37. The molecule has 0 spiro atoms. The van der Waals surface area contributed by atoms with Gasteiger partial charge in [-0.2, -0.15) is 8.75 Å². The van der Waals surface area contributed by atoms with Gasteiger partial charge in [-0.1, -0.05) is 27.7 Å². The number of hydrogen-bond donors (Lipinski definition) is 3. The van der Waals surface area contributed by atoms with Gasteiger partial charge in [0.15, 0.2) is 4.83 Å². The third-order valence-corrected chi connectivity index (χ3v) is 5.81. The van der Waals surface area contributed by atoms with Gasteiger partial charge in [-0.3, -0.25) is 14.4 Å². The molecule has 0 aliphatic heterocycles. The predicted molar refractivity (Wildman–Crippen MR) is 125 cm³/mol. The molecule has 11 heteroatoms. The van der Waals surface area contributed by atoms with Crippen LogP contribution in [-0.2, 0) is 11.2 Å². The van der Waals surface area contributed by atoms with E-state index in [4.69, 9.17) is 5.73 Å². The van der Waals surface area contributed by atoms with E-state index in [2.05, 4.69) is 37.9 Å². The summed E-state index contributed by atoms with van der Waals surface area (Å²) in [4.78, 5) is 42.4. The number of aryl methyl sites for hydroxylation is 2. The smallest absolute Gasteiger partial charge is 0.261 e. The monoisotopic (exact) mass is 464 g/mol. The van der Waals surface area contributed by atoms with Crippen molar-refractivity contribution in [2.24, 2.45) is 17.6 Å². The number of primary amides is 1. The number of nitrogens with two attached hydrogens (primary N) is 1. The van der Waals surface area contributed by atoms with Crippen LogP contribution in [0.4, 0.5) is 5.00 Å². The fraction of sp³-hybridized carbons (Fsp3) is 0.500. The van der Waals surface area contributed by atoms with Crippen LogP contribution in [0, 0.1) is 25.7 Å². The van der Waals surface area contributed by atoms with Crippen molar-refractivity contribution in [1.82, 2.24) is 18.7 Å². The molecule has 3 rings (SSSR count). The quantitative estimate of drug-likeness (QED) is 0.510. The summed E-state index contributed by atoms with van der Waals surface area (Å²) in [6.45, 7) is 11.6. The molecule has 4 N–H and O–H groups in total. The van der Waals surface area contributed by atoms with Crippen LogP contribution < -0.4 is 16.6 Å². The Morgan fingerprint density at radius 2 is 1.71 bits per heavy atom. The molecule has 0 fully saturated rings. The van der Waals surface area contributed by atoms with E-state index in [9.17, 15) is 14.4 Å². The number of carbonyl (C=O) groups is 2. The van der Waals surface area contributed by atoms with Crippen molar-refractivity contribution >= 4 is 50.1 Å². The third-order valence-electron chi connectivity index (χ3n) is 4.12. The lowest BCUT2D eigenvalue weighted by molar-refractivity contribution is -0.116. The second-order valence-electron chi connectivity index (χ2n) is 8.04. The first kappa shape index (κ1) is 24.6. The Morgan fingerprint density at radius 3 is 2.29 bits per heavy atom. The molecule has 0 saturated heterocycles. The van der Waals surface area contributed by atoms with Crippen molar-refractivity contribution in [2.75, 3.05) is 5.32 Å². The molecule has 3 aromatic rings. The van der Waals surface area contributed by atoms with Crippen LogP contribution in [-0.4, -0.2) is 30.5 Å². The molecule has 0 bridgehead atoms. The number of rotatable bonds is 6. The summed E-state index contributed by atoms with van der Waals surface area (Å²) in [5.74, 6) is 0.823. The van der Waals surface area contributed by atoms with Gasteiger partial charge in [0.25, 0.3) is 11.5 Å². The first-order chi connectivity index (χ1) is 14.5. The zero-order valence-corrected chi connectivity index (χ0v) is 20.2. The zero-order valence-electron chi connectivity index (χ0n) is 18.5. The number of nitrogens with zero attached hydrogens (tertiary/aromatic N) is 3. The fourth-order valence-electron chi connectivity index (χ4n) is 2.82. The van der Waals surface area contributed by atoms with Crippen LogP contribution in [0.5, 0.6) is 0 Å². The van der Waals surface area contributed by atoms with Crippen LogP contribution in [0.25, 0.3) is 10.2 Å². The Balaban J connectivity index is 0.000000220. The number of aromatic nitrogens is 4. The molecule has 2 amide bonds. The van der Waals surface area contributed by atoms with E-state index in [1.165, 1.54) is 11.5 Å². The molecule has 0 aliphatic rings. The van der Waals surface area contributed by atoms with Gasteiger partial charge in [0.05, 0.1) is 22.3 Å². The standard InChI is InChI=1S/C10H15N3O2S.C10H13N3OS/c1-5(2)4-7(14)12-10-8(9(11)15)6(3)13-16-10;1-5(2)4-7-11-9(14)8-6(3)13-15-10(8)12-7/h5H,4H2,1-3H3,(H2,11,15)(H,12,14);5H,4H2,1-3H3,(H,11,12,14). The van der Waals surface area contributed by atoms with Gasteiger partial charge in [0.1, 0.15) is 10.8 Å². The maximum atomic E-state index is 11.7. The lowest BCUT2D eigenvalue weighted by Gasteiger charge is -2.05. The average molecular weight is 465 g/mol. The minimum absolute atomic E-state index is 0.0677. The molecule has 0 saturated carbocycles. The minimum atomic E-state index is -0.564. The summed E-state index contributed by atoms with van der Waals surface area (Å²) < 4.78 is 8.13. The summed E-state index contributed by atoms with van der Waals surface area (Å²) in [5.41, 5.74) is 6.77. The number of amides is 2. The van der Waals surface area contributed by atoms with E-state index in [0.717, 1.165) is 34.3 Å². The highest BCUT2D eigenvalue weighted by Gasteiger charge is 2.18. The minimum Gasteiger partial charge on any atom is -0.365 e. The van der Waals surface area contributed by atoms with E-state index < -0.39 is 5.91 Å². The van der Waals surface area contributed by atoms with Crippen LogP contribution in [0.3, 0.4) is 0 Å². The molecule has 3 aromatic heterocycles. The van der Waals surface area contributed by atoms with Crippen LogP contribution in [0.1, 0.15) is 61.7 Å². The van der Waals surface area contributed by atoms with Crippen molar-refractivity contribution in [1.29, 1.82) is 0 Å². The number of hydrogen-bond acceptors (Lipinski definition) is 8. The Labute approximate surface area is 188 Å². The van der Waals surface area contributed by atoms with Gasteiger partial charge in [-0.25, -0.2) is 4.98 Å². The summed E-state index contributed by atoms with van der Waals surface area (Å²) in [5, 5.41) is 3.73. The molecule has 0 aromatic carbocycles. The highest BCUT2D eigenvalue weighted by molar-refractivity contribution is 7.12. The van der Waals surface area contributed by atoms with Crippen molar-refractivity contribution in [3.63, 3.8) is 0 Å². The number of nitrogens with one attached hydrogen (secondary N) is 2. The summed E-state index contributed by atoms with van der Waals surface area (Å²) in [6, 6.07) is 0. The third kappa shape index (κ3) is 6.66. The molecular formula is C20H28N6O3S2. The second kappa shape index (κ2) is 10.6. The average Bonchev–Trinajstić information content (AvgIpc) is 3.17. The SMILES string of the molecule is Cc1nsc(NC(=O)CC(C)C)c1C(N)=O.Cc1nsc2nc(CC(C)C)[nH]c(=O)c12. The maximum Gasteiger partial charge on any atom is 0.261 e. The number of anilines is 1. The number of aromatic amines is 1. The van der Waals surface area contributed by atoms with Gasteiger partial charge in [-0.05, 0) is 48.7 Å². The highest BCUT2D eigenvalue weighted by Crippen LogP contribution is 2.24. The number of fused-ring (bicyclic) bond motifs is 1. The molecule has 0 unspecified atom stereocenters. The normalized spacial score (nSPS) is 11.0. The van der Waals surface area contributed by atoms with Gasteiger partial charge < -0.3 is 16.0 Å². The van der Waals surface area contributed by atoms with E-state index in [0.29, 0.717) is 34.0 Å². The Morgan fingerprint density at radius 1 is 1.06 bits per heavy atom. The van der Waals surface area contributed by atoms with Crippen LogP contribution in [0.15, 0.2) is 4.79 Å². The largest absolute Gasteiger partial charge is 0.365 e. The second-order valence-corrected chi connectivity index (χ2v) is 9.57. The topological polar surface area (TPSA) is 144 Å². The molecule has 3 heterocycles. The maximum absolute atomic E-state index is 11.7. The molecule has 0 atom stereocenters. The first-order valence-corrected chi connectivity index (χ1v) is 11.4. The van der Waals surface area contributed by atoms with Gasteiger partial charge in [0, 0.05) is 12.8 Å². The molecule has 0 radical (unpaired) electrons. The van der Waals surface area contributed by atoms with Crippen molar-refractivity contribution < 1.29 is 9.59 Å². The Kier molecular flexibility index (Phi) is 8.40. The number of carbonyl (C=O) groups excluding carboxylic acids is 2. The molecule has 31 heavy (non-hydrogen) atoms. The Hall–Kier alpha value is -2.66. The number of H-pyrrole nitrogens is 1. The summed E-state index contributed by atoms with van der Waals surface area (Å²) in [7, 11) is 0. The van der Waals surface area contributed by atoms with Crippen molar-refractivity contribution in [2.45, 2.75) is 54.4 Å². The van der Waals surface area contributed by atoms with Gasteiger partial charge >= 0.3 is 0 Å². The predicted octanol–water partition coefficient (Wildman–Crippen LogP) is 3.42. The van der Waals surface area contributed by atoms with E-state index >= 15 is 0 Å². The molecule has 168 valence electrons. The van der Waals surface area contributed by atoms with E-state index in [-0.39, 0.29) is 17.4 Å². The summed E-state index contributed by atoms with van der Waals surface area (Å²) in [6.07, 6.45) is 1.21. The van der Waals surface area contributed by atoms with Crippen LogP contribution in [0.2, 0.25) is 0 Å². The van der Waals surface area contributed by atoms with Crippen molar-refractivity contribution in [3.05, 3.63) is 33.1 Å². The molecule has 0 aliphatic carbocycles. The first-order valence-electron chi connectivity index (χ1n) is 9.90. The highest BCUT2D eigenvalue weighted by atomic mass is 32.1. The lowest BCUT2D eigenvalue weighted by Crippen LogP contribution is -2.18. The van der Waals surface area contributed by atoms with Gasteiger partial charge in [-0.15, -0.1) is 0 Å². The van der Waals surface area contributed by atoms with Crippen LogP contribution >= 0.6 is 23.1 Å².